The van der Waals surface area contributed by atoms with Crippen LogP contribution in [0.15, 0.2) is 42.6 Å². The number of ether oxygens (including phenoxy) is 2. The Hall–Kier alpha value is -6.64. The van der Waals surface area contributed by atoms with Gasteiger partial charge in [0.25, 0.3) is 0 Å². The van der Waals surface area contributed by atoms with Crippen molar-refractivity contribution in [1.82, 2.24) is 44.7 Å². The van der Waals surface area contributed by atoms with E-state index in [1.165, 1.54) is 29.1 Å². The summed E-state index contributed by atoms with van der Waals surface area (Å²) in [5.74, 6) is -2.01. The molecule has 20 heteroatoms. The first-order valence-electron chi connectivity index (χ1n) is 28.4. The van der Waals surface area contributed by atoms with Crippen LogP contribution in [0.2, 0.25) is 0 Å². The molecule has 6 fully saturated rings. The van der Waals surface area contributed by atoms with Crippen molar-refractivity contribution in [3.05, 3.63) is 76.9 Å². The van der Waals surface area contributed by atoms with Gasteiger partial charge in [0.2, 0.25) is 11.8 Å². The van der Waals surface area contributed by atoms with Crippen molar-refractivity contribution < 1.29 is 47.2 Å². The lowest BCUT2D eigenvalue weighted by Crippen LogP contribution is -2.49. The molecule has 6 aliphatic heterocycles. The summed E-state index contributed by atoms with van der Waals surface area (Å²) in [5.41, 5.74) is 0.680. The van der Waals surface area contributed by atoms with E-state index in [1.54, 1.807) is 20.0 Å². The zero-order chi connectivity index (χ0) is 54.9. The number of β-amino-alcohol motifs (C(OH)–C–C–N with tert-alkyl or cyclic N) is 1. The van der Waals surface area contributed by atoms with Gasteiger partial charge in [0.15, 0.2) is 11.6 Å². The number of phenols is 1. The van der Waals surface area contributed by atoms with Crippen LogP contribution in [0.5, 0.6) is 11.8 Å². The van der Waals surface area contributed by atoms with E-state index in [-0.39, 0.29) is 95.9 Å². The molecule has 12 rings (SSSR count). The summed E-state index contributed by atoms with van der Waals surface area (Å²) in [6.07, 6.45) is 10.2. The number of hydrogen-bond donors (Lipinski definition) is 3. The largest absolute Gasteiger partial charge is 0.508 e. The zero-order valence-corrected chi connectivity index (χ0v) is 45.2. The smallest absolute Gasteiger partial charge is 0.409 e. The number of aryl methyl sites for hydroxylation is 2. The van der Waals surface area contributed by atoms with Gasteiger partial charge in [0.05, 0.1) is 28.1 Å². The molecule has 3 N–H and O–H groups in total. The number of halogens is 3. The number of piperidine rings is 4. The van der Waals surface area contributed by atoms with Crippen molar-refractivity contribution in [3.8, 4) is 23.0 Å². The number of anilines is 1. The summed E-state index contributed by atoms with van der Waals surface area (Å²) in [7, 11) is 1.70. The number of hydrogen-bond acceptors (Lipinski definition) is 14. The molecule has 6 aliphatic rings. The van der Waals surface area contributed by atoms with Crippen LogP contribution in [-0.2, 0) is 27.8 Å². The van der Waals surface area contributed by atoms with E-state index >= 15 is 13.2 Å². The number of aromatic nitrogens is 5. The van der Waals surface area contributed by atoms with Crippen LogP contribution in [0.1, 0.15) is 120 Å². The van der Waals surface area contributed by atoms with E-state index < -0.39 is 23.2 Å². The molecular formula is C59H69F3N10O7. The van der Waals surface area contributed by atoms with Gasteiger partial charge in [0, 0.05) is 69.4 Å². The van der Waals surface area contributed by atoms with Crippen molar-refractivity contribution in [2.45, 2.75) is 126 Å². The lowest BCUT2D eigenvalue weighted by Gasteiger charge is -2.38. The minimum Gasteiger partial charge on any atom is -0.508 e. The number of carbonyl (C=O) groups is 3. The number of aromatic hydroxyl groups is 1. The Kier molecular flexibility index (Phi) is 14.2. The van der Waals surface area contributed by atoms with Gasteiger partial charge in [-0.2, -0.15) is 15.1 Å². The summed E-state index contributed by atoms with van der Waals surface area (Å²) in [5, 5.41) is 30.8. The van der Waals surface area contributed by atoms with Crippen molar-refractivity contribution in [2.75, 3.05) is 70.5 Å². The lowest BCUT2D eigenvalue weighted by atomic mass is 9.86. The van der Waals surface area contributed by atoms with Crippen molar-refractivity contribution in [1.29, 1.82) is 0 Å². The monoisotopic (exact) mass is 1090 g/mol. The third-order valence-corrected chi connectivity index (χ3v) is 18.3. The molecule has 17 nitrogen and oxygen atoms in total. The average molecular weight is 1090 g/mol. The number of fused-ring (bicyclic) bond motifs is 4. The molecule has 4 atom stereocenters. The van der Waals surface area contributed by atoms with E-state index in [9.17, 15) is 24.6 Å². The first-order valence-corrected chi connectivity index (χ1v) is 28.4. The summed E-state index contributed by atoms with van der Waals surface area (Å²) in [4.78, 5) is 60.8. The number of nitrogens with zero attached hydrogens (tertiary/aromatic N) is 9. The van der Waals surface area contributed by atoms with Gasteiger partial charge in [-0.25, -0.2) is 18.0 Å². The second-order valence-electron chi connectivity index (χ2n) is 23.5. The molecular weight excluding hydrogens is 1020 g/mol. The molecule has 0 saturated carbocycles. The number of imide groups is 1. The summed E-state index contributed by atoms with van der Waals surface area (Å²) in [6.45, 7) is 9.56. The standard InChI is InChI=1S/C59H69F3N10O7/c1-4-39-45(60)11-7-36-27-38(73)28-43(47(36)39)51-49(62)52-44(29-63-51)54(71-21-5-18-58(2,77)32-71)66-56(65-52)79-33-59-19-6-22-72(59)37(13-20-59)31-78-57(76)70-25-14-34(15-26-70)30-69-23-16-35(17-24-69)40-8-9-41-50(67-68(3)53(41)48(40)61)42-10-12-46(74)64-55(42)75/h7-9,11,27-29,34-35,37,42,73,77H,4-6,10,12-26,30-33H2,1-3H3,(H,64,74,75)/t37-,42?,58+,59-/m0/s1. The molecule has 9 heterocycles. The van der Waals surface area contributed by atoms with E-state index in [4.69, 9.17) is 19.4 Å². The molecule has 418 valence electrons. The number of pyridine rings is 1. The molecule has 0 spiro atoms. The van der Waals surface area contributed by atoms with E-state index in [1.807, 2.05) is 28.9 Å². The number of nitrogens with one attached hydrogen (secondary N) is 1. The van der Waals surface area contributed by atoms with Gasteiger partial charge in [0.1, 0.15) is 47.3 Å². The molecule has 0 radical (unpaired) electrons. The second-order valence-corrected chi connectivity index (χ2v) is 23.5. The maximum atomic E-state index is 17.3. The maximum absolute atomic E-state index is 17.3. The molecule has 3 aromatic heterocycles. The van der Waals surface area contributed by atoms with Gasteiger partial charge in [-0.05, 0) is 156 Å². The number of likely N-dealkylation sites (tertiary alicyclic amines) is 2. The lowest BCUT2D eigenvalue weighted by molar-refractivity contribution is -0.134. The highest BCUT2D eigenvalue weighted by molar-refractivity contribution is 6.03. The van der Waals surface area contributed by atoms with Crippen molar-refractivity contribution in [3.63, 3.8) is 0 Å². The van der Waals surface area contributed by atoms with Crippen molar-refractivity contribution in [2.24, 2.45) is 13.0 Å². The van der Waals surface area contributed by atoms with Gasteiger partial charge < -0.3 is 34.4 Å². The number of amides is 3. The van der Waals surface area contributed by atoms with Crippen LogP contribution in [-0.4, -0.2) is 150 Å². The zero-order valence-electron chi connectivity index (χ0n) is 45.2. The highest BCUT2D eigenvalue weighted by atomic mass is 19.1. The minimum absolute atomic E-state index is 0.00459. The number of benzene rings is 3. The van der Waals surface area contributed by atoms with E-state index in [0.29, 0.717) is 101 Å². The van der Waals surface area contributed by atoms with Gasteiger partial charge >= 0.3 is 12.1 Å². The minimum atomic E-state index is -1.01. The van der Waals surface area contributed by atoms with Crippen LogP contribution in [0, 0.1) is 23.4 Å². The second kappa shape index (κ2) is 21.1. The van der Waals surface area contributed by atoms with Crippen LogP contribution in [0.4, 0.5) is 23.8 Å². The number of phenolic OH excluding ortho intramolecular Hbond substituents is 1. The summed E-state index contributed by atoms with van der Waals surface area (Å²) < 4.78 is 62.9. The quantitative estimate of drug-likeness (QED) is 0.0990. The molecule has 0 aliphatic carbocycles. The molecule has 0 bridgehead atoms. The summed E-state index contributed by atoms with van der Waals surface area (Å²) >= 11 is 0. The van der Waals surface area contributed by atoms with Crippen LogP contribution < -0.4 is 15.0 Å². The normalized spacial score (nSPS) is 24.7. The van der Waals surface area contributed by atoms with Gasteiger partial charge in [-0.15, -0.1) is 0 Å². The Labute approximate surface area is 456 Å². The molecule has 3 aromatic carbocycles. The van der Waals surface area contributed by atoms with E-state index in [2.05, 4.69) is 25.2 Å². The fourth-order valence-corrected chi connectivity index (χ4v) is 14.2. The fraction of sp³-hybridized carbons (Fsp3) is 0.542. The SMILES string of the molecule is CCc1c(F)ccc2cc(O)cc(-c3ncc4c(N5CCC[C@@](C)(O)C5)nc(OC[C@@]56CCCN5[C@H](COC(=O)N5CCC(CN7CCC(c8ccc9c(C%10CCC(=O)NC%10=O)nn(C)c9c8F)CC7)CC5)CC6)nc4c3F)c12. The Morgan fingerprint density at radius 2 is 1.70 bits per heavy atom. The van der Waals surface area contributed by atoms with Crippen LogP contribution in [0.3, 0.4) is 0 Å². The Morgan fingerprint density at radius 3 is 2.47 bits per heavy atom. The number of aliphatic hydroxyl groups is 1. The number of carbonyl (C=O) groups excluding carboxylic acids is 3. The number of rotatable bonds is 12. The molecule has 6 aromatic rings. The Morgan fingerprint density at radius 1 is 0.899 bits per heavy atom. The highest BCUT2D eigenvalue weighted by Crippen LogP contribution is 2.45. The van der Waals surface area contributed by atoms with E-state index in [0.717, 1.165) is 77.5 Å². The topological polar surface area (TPSA) is 192 Å². The first-order chi connectivity index (χ1) is 38.1. The Balaban J connectivity index is 0.665. The van der Waals surface area contributed by atoms with Crippen LogP contribution in [0.25, 0.3) is 43.8 Å². The molecule has 79 heavy (non-hydrogen) atoms. The van der Waals surface area contributed by atoms with Crippen LogP contribution >= 0.6 is 0 Å². The molecule has 1 unspecified atom stereocenters. The summed E-state index contributed by atoms with van der Waals surface area (Å²) in [6, 6.07) is 9.54. The molecule has 3 amide bonds. The third kappa shape index (κ3) is 9.99. The predicted octanol–water partition coefficient (Wildman–Crippen LogP) is 8.39. The van der Waals surface area contributed by atoms with Crippen molar-refractivity contribution >= 4 is 56.3 Å². The highest BCUT2D eigenvalue weighted by Gasteiger charge is 2.50. The molecule has 6 saturated heterocycles. The maximum Gasteiger partial charge on any atom is 0.409 e. The van der Waals surface area contributed by atoms with Gasteiger partial charge in [-0.1, -0.05) is 25.1 Å². The van der Waals surface area contributed by atoms with Gasteiger partial charge in [-0.3, -0.25) is 29.5 Å². The third-order valence-electron chi connectivity index (χ3n) is 18.3. The predicted molar refractivity (Wildman–Crippen MR) is 290 cm³/mol. The fourth-order valence-electron chi connectivity index (χ4n) is 14.2. The average Bonchev–Trinajstić information content (AvgIpc) is 4.36. The first kappa shape index (κ1) is 53.0. The Bertz CT molecular complexity index is 3380.